The first-order chi connectivity index (χ1) is 11.2. The van der Waals surface area contributed by atoms with Crippen molar-refractivity contribution >= 4 is 23.8 Å². The lowest BCUT2D eigenvalue weighted by Gasteiger charge is -2.13. The monoisotopic (exact) mass is 347 g/mol. The molecule has 0 spiro atoms. The Morgan fingerprint density at radius 3 is 2.57 bits per heavy atom. The van der Waals surface area contributed by atoms with Gasteiger partial charge in [-0.3, -0.25) is 9.67 Å². The van der Waals surface area contributed by atoms with Gasteiger partial charge in [-0.25, -0.2) is 0 Å². The van der Waals surface area contributed by atoms with Crippen LogP contribution in [-0.2, 0) is 0 Å². The predicted molar refractivity (Wildman–Crippen MR) is 92.3 cm³/mol. The van der Waals surface area contributed by atoms with Gasteiger partial charge in [0, 0.05) is 5.02 Å². The van der Waals surface area contributed by atoms with Crippen molar-refractivity contribution in [1.82, 2.24) is 14.8 Å². The SMILES string of the molecule is COc1ccc(Cl)cc1-c1n[nH]c(=S)n1-c1ccccc1OC. The molecule has 3 aromatic rings. The van der Waals surface area contributed by atoms with Crippen molar-refractivity contribution in [2.45, 2.75) is 0 Å². The third-order valence-electron chi connectivity index (χ3n) is 3.40. The summed E-state index contributed by atoms with van der Waals surface area (Å²) in [6, 6.07) is 12.9. The Morgan fingerprint density at radius 2 is 1.83 bits per heavy atom. The molecule has 3 rings (SSSR count). The van der Waals surface area contributed by atoms with Crippen molar-refractivity contribution in [1.29, 1.82) is 0 Å². The van der Waals surface area contributed by atoms with E-state index in [0.29, 0.717) is 27.1 Å². The average Bonchev–Trinajstić information content (AvgIpc) is 2.96. The first-order valence-electron chi connectivity index (χ1n) is 6.80. The van der Waals surface area contributed by atoms with Gasteiger partial charge in [-0.2, -0.15) is 5.10 Å². The number of halogens is 1. The van der Waals surface area contributed by atoms with E-state index in [1.54, 1.807) is 37.0 Å². The lowest BCUT2D eigenvalue weighted by molar-refractivity contribution is 0.412. The maximum atomic E-state index is 6.13. The molecule has 0 amide bonds. The highest BCUT2D eigenvalue weighted by Crippen LogP contribution is 2.34. The van der Waals surface area contributed by atoms with Crippen LogP contribution in [0.4, 0.5) is 0 Å². The van der Waals surface area contributed by atoms with E-state index in [2.05, 4.69) is 10.2 Å². The zero-order chi connectivity index (χ0) is 16.4. The minimum atomic E-state index is 0.450. The van der Waals surface area contributed by atoms with Gasteiger partial charge in [0.15, 0.2) is 10.6 Å². The van der Waals surface area contributed by atoms with Crippen LogP contribution in [0.5, 0.6) is 11.5 Å². The van der Waals surface area contributed by atoms with Gasteiger partial charge in [-0.1, -0.05) is 23.7 Å². The highest BCUT2D eigenvalue weighted by Gasteiger charge is 2.17. The van der Waals surface area contributed by atoms with Crippen LogP contribution in [0.1, 0.15) is 0 Å². The summed E-state index contributed by atoms with van der Waals surface area (Å²) in [4.78, 5) is 0. The second-order valence-electron chi connectivity index (χ2n) is 4.70. The van der Waals surface area contributed by atoms with Gasteiger partial charge in [0.1, 0.15) is 11.5 Å². The Labute approximate surface area is 143 Å². The van der Waals surface area contributed by atoms with Crippen molar-refractivity contribution in [3.05, 3.63) is 52.3 Å². The summed E-state index contributed by atoms with van der Waals surface area (Å²) in [5.74, 6) is 1.94. The second kappa shape index (κ2) is 6.44. The fourth-order valence-electron chi connectivity index (χ4n) is 2.37. The van der Waals surface area contributed by atoms with Gasteiger partial charge in [0.2, 0.25) is 0 Å². The van der Waals surface area contributed by atoms with Crippen LogP contribution in [-0.4, -0.2) is 29.0 Å². The number of benzene rings is 2. The molecule has 1 heterocycles. The van der Waals surface area contributed by atoms with Gasteiger partial charge < -0.3 is 9.47 Å². The third kappa shape index (κ3) is 2.83. The molecule has 2 aromatic carbocycles. The molecule has 5 nitrogen and oxygen atoms in total. The van der Waals surface area contributed by atoms with Crippen LogP contribution < -0.4 is 9.47 Å². The van der Waals surface area contributed by atoms with Gasteiger partial charge in [0.25, 0.3) is 0 Å². The zero-order valence-electron chi connectivity index (χ0n) is 12.5. The number of hydrogen-bond acceptors (Lipinski definition) is 4. The van der Waals surface area contributed by atoms with E-state index in [1.807, 2.05) is 24.3 Å². The molecular formula is C16H14ClN3O2S. The molecule has 0 aliphatic heterocycles. The standard InChI is InChI=1S/C16H14ClN3O2S/c1-21-13-8-7-10(17)9-11(13)15-18-19-16(23)20(15)12-5-3-4-6-14(12)22-2/h3-9H,1-2H3,(H,19,23). The van der Waals surface area contributed by atoms with Crippen molar-refractivity contribution < 1.29 is 9.47 Å². The van der Waals surface area contributed by atoms with E-state index in [0.717, 1.165) is 11.3 Å². The Hall–Kier alpha value is -2.31. The van der Waals surface area contributed by atoms with Crippen LogP contribution in [0.25, 0.3) is 17.1 Å². The van der Waals surface area contributed by atoms with Crippen LogP contribution in [0.3, 0.4) is 0 Å². The lowest BCUT2D eigenvalue weighted by Crippen LogP contribution is -2.01. The number of nitrogens with zero attached hydrogens (tertiary/aromatic N) is 2. The normalized spacial score (nSPS) is 10.6. The molecule has 0 aliphatic carbocycles. The third-order valence-corrected chi connectivity index (χ3v) is 3.91. The van der Waals surface area contributed by atoms with E-state index in [1.165, 1.54) is 0 Å². The van der Waals surface area contributed by atoms with Crippen LogP contribution >= 0.6 is 23.8 Å². The van der Waals surface area contributed by atoms with E-state index in [4.69, 9.17) is 33.3 Å². The number of methoxy groups -OCH3 is 2. The number of aromatic nitrogens is 3. The summed E-state index contributed by atoms with van der Waals surface area (Å²) < 4.78 is 13.1. The molecular weight excluding hydrogens is 334 g/mol. The van der Waals surface area contributed by atoms with Gasteiger partial charge in [-0.15, -0.1) is 0 Å². The summed E-state index contributed by atoms with van der Waals surface area (Å²) >= 11 is 11.5. The fourth-order valence-corrected chi connectivity index (χ4v) is 2.77. The minimum absolute atomic E-state index is 0.450. The van der Waals surface area contributed by atoms with E-state index >= 15 is 0 Å². The molecule has 118 valence electrons. The largest absolute Gasteiger partial charge is 0.496 e. The fraction of sp³-hybridized carbons (Fsp3) is 0.125. The molecule has 1 aromatic heterocycles. The number of para-hydroxylation sites is 2. The van der Waals surface area contributed by atoms with Crippen molar-refractivity contribution in [3.63, 3.8) is 0 Å². The first-order valence-corrected chi connectivity index (χ1v) is 7.59. The van der Waals surface area contributed by atoms with E-state index in [9.17, 15) is 0 Å². The number of H-pyrrole nitrogens is 1. The molecule has 0 saturated heterocycles. The molecule has 0 aliphatic rings. The van der Waals surface area contributed by atoms with E-state index < -0.39 is 0 Å². The molecule has 0 fully saturated rings. The molecule has 23 heavy (non-hydrogen) atoms. The first kappa shape index (κ1) is 15.6. The average molecular weight is 348 g/mol. The predicted octanol–water partition coefficient (Wildman–Crippen LogP) is 4.27. The lowest BCUT2D eigenvalue weighted by atomic mass is 10.1. The van der Waals surface area contributed by atoms with Crippen LogP contribution in [0.15, 0.2) is 42.5 Å². The highest BCUT2D eigenvalue weighted by atomic mass is 35.5. The maximum Gasteiger partial charge on any atom is 0.200 e. The minimum Gasteiger partial charge on any atom is -0.496 e. The molecule has 0 atom stereocenters. The van der Waals surface area contributed by atoms with Gasteiger partial charge in [-0.05, 0) is 42.5 Å². The van der Waals surface area contributed by atoms with Crippen molar-refractivity contribution in [2.24, 2.45) is 0 Å². The highest BCUT2D eigenvalue weighted by molar-refractivity contribution is 7.71. The summed E-state index contributed by atoms with van der Waals surface area (Å²) in [6.07, 6.45) is 0. The Kier molecular flexibility index (Phi) is 4.36. The summed E-state index contributed by atoms with van der Waals surface area (Å²) in [5.41, 5.74) is 1.52. The smallest absolute Gasteiger partial charge is 0.200 e. The van der Waals surface area contributed by atoms with Crippen LogP contribution in [0, 0.1) is 4.77 Å². The number of hydrogen-bond donors (Lipinski definition) is 1. The number of ether oxygens (including phenoxy) is 2. The van der Waals surface area contributed by atoms with Crippen molar-refractivity contribution in [3.8, 4) is 28.6 Å². The molecule has 7 heteroatoms. The van der Waals surface area contributed by atoms with Gasteiger partial charge >= 0.3 is 0 Å². The molecule has 0 bridgehead atoms. The summed E-state index contributed by atoms with van der Waals surface area (Å²) in [7, 11) is 3.21. The Bertz CT molecular complexity index is 904. The van der Waals surface area contributed by atoms with Gasteiger partial charge in [0.05, 0.1) is 25.5 Å². The van der Waals surface area contributed by atoms with Crippen molar-refractivity contribution in [2.75, 3.05) is 14.2 Å². The molecule has 0 unspecified atom stereocenters. The Balaban J connectivity index is 2.29. The quantitative estimate of drug-likeness (QED) is 0.716. The van der Waals surface area contributed by atoms with Crippen LogP contribution in [0.2, 0.25) is 5.02 Å². The number of aromatic amines is 1. The Morgan fingerprint density at radius 1 is 1.09 bits per heavy atom. The number of rotatable bonds is 4. The van der Waals surface area contributed by atoms with E-state index in [-0.39, 0.29) is 0 Å². The second-order valence-corrected chi connectivity index (χ2v) is 5.53. The topological polar surface area (TPSA) is 52.1 Å². The zero-order valence-corrected chi connectivity index (χ0v) is 14.1. The summed E-state index contributed by atoms with van der Waals surface area (Å²) in [5, 5.41) is 7.74. The maximum absolute atomic E-state index is 6.13. The summed E-state index contributed by atoms with van der Waals surface area (Å²) in [6.45, 7) is 0. The molecule has 1 N–H and O–H groups in total. The molecule has 0 saturated carbocycles. The number of nitrogens with one attached hydrogen (secondary N) is 1. The molecule has 0 radical (unpaired) electrons.